The van der Waals surface area contributed by atoms with Crippen LogP contribution in [-0.2, 0) is 4.74 Å². The van der Waals surface area contributed by atoms with Crippen LogP contribution in [0.4, 0.5) is 14.9 Å². The van der Waals surface area contributed by atoms with Gasteiger partial charge in [0.1, 0.15) is 11.4 Å². The molecule has 3 aromatic rings. The van der Waals surface area contributed by atoms with Crippen LogP contribution in [0.3, 0.4) is 0 Å². The molecule has 1 aromatic carbocycles. The summed E-state index contributed by atoms with van der Waals surface area (Å²) in [6.07, 6.45) is 5.15. The third-order valence-corrected chi connectivity index (χ3v) is 6.53. The SMILES string of the molecule is CCN(C(=O)c1cc(F)ccc1-c1cc(N2CCN(C(=O)OC(C)(C)C)CC2)cn2cncc12)C(C)C. The topological polar surface area (TPSA) is 70.4 Å². The number of aromatic nitrogens is 2. The number of ether oxygens (including phenoxy) is 1. The van der Waals surface area contributed by atoms with Crippen molar-refractivity contribution in [2.45, 2.75) is 53.2 Å². The molecule has 1 aliphatic heterocycles. The lowest BCUT2D eigenvalue weighted by atomic mass is 9.97. The Balaban J connectivity index is 1.69. The van der Waals surface area contributed by atoms with E-state index in [2.05, 4.69) is 9.88 Å². The van der Waals surface area contributed by atoms with Gasteiger partial charge in [-0.1, -0.05) is 6.07 Å². The van der Waals surface area contributed by atoms with Crippen molar-refractivity contribution in [1.29, 1.82) is 0 Å². The van der Waals surface area contributed by atoms with E-state index >= 15 is 0 Å². The van der Waals surface area contributed by atoms with Gasteiger partial charge in [-0.3, -0.25) is 4.79 Å². The quantitative estimate of drug-likeness (QED) is 0.480. The highest BCUT2D eigenvalue weighted by Crippen LogP contribution is 2.33. The van der Waals surface area contributed by atoms with Gasteiger partial charge in [0.15, 0.2) is 0 Å². The summed E-state index contributed by atoms with van der Waals surface area (Å²) >= 11 is 0. The number of benzene rings is 1. The average molecular weight is 510 g/mol. The molecule has 1 fully saturated rings. The molecule has 2 aromatic heterocycles. The molecular formula is C28H36FN5O3. The van der Waals surface area contributed by atoms with Crippen molar-refractivity contribution in [2.24, 2.45) is 0 Å². The number of anilines is 1. The maximum atomic E-state index is 14.4. The second kappa shape index (κ2) is 10.4. The second-order valence-electron chi connectivity index (χ2n) is 10.6. The lowest BCUT2D eigenvalue weighted by Crippen LogP contribution is -2.50. The monoisotopic (exact) mass is 509 g/mol. The first kappa shape index (κ1) is 26.4. The van der Waals surface area contributed by atoms with Crippen molar-refractivity contribution in [3.05, 3.63) is 54.4 Å². The summed E-state index contributed by atoms with van der Waals surface area (Å²) in [6, 6.07) is 6.38. The lowest BCUT2D eigenvalue weighted by molar-refractivity contribution is 0.0240. The van der Waals surface area contributed by atoms with E-state index in [1.54, 1.807) is 28.4 Å². The minimum Gasteiger partial charge on any atom is -0.444 e. The number of nitrogens with zero attached hydrogens (tertiary/aromatic N) is 5. The number of piperazine rings is 1. The maximum absolute atomic E-state index is 14.4. The number of fused-ring (bicyclic) bond motifs is 1. The van der Waals surface area contributed by atoms with Gasteiger partial charge in [0.2, 0.25) is 0 Å². The summed E-state index contributed by atoms with van der Waals surface area (Å²) in [5, 5.41) is 0. The van der Waals surface area contributed by atoms with Crippen LogP contribution in [0, 0.1) is 5.82 Å². The largest absolute Gasteiger partial charge is 0.444 e. The molecular weight excluding hydrogens is 473 g/mol. The van der Waals surface area contributed by atoms with Crippen LogP contribution in [0.15, 0.2) is 43.0 Å². The maximum Gasteiger partial charge on any atom is 0.410 e. The third kappa shape index (κ3) is 5.70. The second-order valence-corrected chi connectivity index (χ2v) is 10.6. The van der Waals surface area contributed by atoms with Gasteiger partial charge in [-0.05, 0) is 65.3 Å². The highest BCUT2D eigenvalue weighted by molar-refractivity contribution is 6.03. The lowest BCUT2D eigenvalue weighted by Gasteiger charge is -2.37. The van der Waals surface area contributed by atoms with Gasteiger partial charge in [-0.2, -0.15) is 0 Å². The van der Waals surface area contributed by atoms with Gasteiger partial charge in [-0.25, -0.2) is 14.2 Å². The van der Waals surface area contributed by atoms with Crippen LogP contribution >= 0.6 is 0 Å². The van der Waals surface area contributed by atoms with Gasteiger partial charge in [0, 0.05) is 50.5 Å². The molecule has 4 rings (SSSR count). The Bertz CT molecular complexity index is 1290. The number of carbonyl (C=O) groups is 2. The zero-order valence-corrected chi connectivity index (χ0v) is 22.5. The molecule has 1 saturated heterocycles. The number of pyridine rings is 1. The number of imidazole rings is 1. The molecule has 9 heteroatoms. The highest BCUT2D eigenvalue weighted by atomic mass is 19.1. The highest BCUT2D eigenvalue weighted by Gasteiger charge is 2.27. The summed E-state index contributed by atoms with van der Waals surface area (Å²) in [5.74, 6) is -0.660. The number of rotatable bonds is 5. The van der Waals surface area contributed by atoms with E-state index < -0.39 is 11.4 Å². The molecule has 0 spiro atoms. The molecule has 0 saturated carbocycles. The van der Waals surface area contributed by atoms with Crippen molar-refractivity contribution in [2.75, 3.05) is 37.6 Å². The summed E-state index contributed by atoms with van der Waals surface area (Å²) in [4.78, 5) is 36.0. The van der Waals surface area contributed by atoms with E-state index in [4.69, 9.17) is 4.74 Å². The van der Waals surface area contributed by atoms with E-state index in [0.717, 1.165) is 16.8 Å². The fourth-order valence-electron chi connectivity index (χ4n) is 4.71. The Morgan fingerprint density at radius 2 is 1.81 bits per heavy atom. The number of amides is 2. The fourth-order valence-corrected chi connectivity index (χ4v) is 4.71. The predicted octanol–water partition coefficient (Wildman–Crippen LogP) is 5.07. The first-order chi connectivity index (χ1) is 17.5. The molecule has 8 nitrogen and oxygen atoms in total. The van der Waals surface area contributed by atoms with Crippen LogP contribution in [0.2, 0.25) is 0 Å². The van der Waals surface area contributed by atoms with Crippen molar-refractivity contribution in [3.63, 3.8) is 0 Å². The van der Waals surface area contributed by atoms with Crippen LogP contribution in [0.5, 0.6) is 0 Å². The van der Waals surface area contributed by atoms with Crippen LogP contribution < -0.4 is 4.90 Å². The summed E-state index contributed by atoms with van der Waals surface area (Å²) in [6.45, 7) is 14.3. The van der Waals surface area contributed by atoms with Crippen LogP contribution in [-0.4, -0.2) is 75.6 Å². The first-order valence-electron chi connectivity index (χ1n) is 12.8. The zero-order valence-electron chi connectivity index (χ0n) is 22.5. The number of hydrogen-bond acceptors (Lipinski definition) is 5. The zero-order chi connectivity index (χ0) is 26.9. The van der Waals surface area contributed by atoms with Crippen LogP contribution in [0.1, 0.15) is 51.9 Å². The predicted molar refractivity (Wildman–Crippen MR) is 142 cm³/mol. The van der Waals surface area contributed by atoms with Gasteiger partial charge in [0.05, 0.1) is 29.3 Å². The first-order valence-corrected chi connectivity index (χ1v) is 12.8. The molecule has 0 atom stereocenters. The van der Waals surface area contributed by atoms with Gasteiger partial charge < -0.3 is 23.8 Å². The average Bonchev–Trinajstić information content (AvgIpc) is 3.31. The van der Waals surface area contributed by atoms with E-state index in [1.165, 1.54) is 12.1 Å². The molecule has 2 amide bonds. The Kier molecular flexibility index (Phi) is 7.43. The van der Waals surface area contributed by atoms with Gasteiger partial charge in [0.25, 0.3) is 5.91 Å². The molecule has 1 aliphatic rings. The Hall–Kier alpha value is -3.62. The summed E-state index contributed by atoms with van der Waals surface area (Å²) in [5.41, 5.74) is 3.00. The molecule has 0 aliphatic carbocycles. The van der Waals surface area contributed by atoms with E-state index in [-0.39, 0.29) is 18.0 Å². The minimum absolute atomic E-state index is 0.0174. The van der Waals surface area contributed by atoms with E-state index in [1.807, 2.05) is 58.2 Å². The third-order valence-electron chi connectivity index (χ3n) is 6.53. The molecule has 0 radical (unpaired) electrons. The smallest absolute Gasteiger partial charge is 0.410 e. The molecule has 0 unspecified atom stereocenters. The molecule has 37 heavy (non-hydrogen) atoms. The van der Waals surface area contributed by atoms with Gasteiger partial charge in [-0.15, -0.1) is 0 Å². The minimum atomic E-state index is -0.539. The molecule has 3 heterocycles. The van der Waals surface area contributed by atoms with E-state index in [0.29, 0.717) is 43.9 Å². The summed E-state index contributed by atoms with van der Waals surface area (Å²) in [7, 11) is 0. The van der Waals surface area contributed by atoms with Crippen molar-refractivity contribution < 1.29 is 18.7 Å². The number of halogens is 1. The standard InChI is InChI=1S/C28H36FN5O3/c1-7-34(19(2)3)26(35)24-14-20(29)8-9-22(24)23-15-21(17-33-18-30-16-25(23)33)31-10-12-32(13-11-31)27(36)37-28(4,5)6/h8-9,14-19H,7,10-13H2,1-6H3. The molecule has 0 N–H and O–H groups in total. The van der Waals surface area contributed by atoms with Crippen molar-refractivity contribution in [1.82, 2.24) is 19.2 Å². The van der Waals surface area contributed by atoms with Crippen molar-refractivity contribution >= 4 is 23.2 Å². The summed E-state index contributed by atoms with van der Waals surface area (Å²) < 4.78 is 21.8. The molecule has 198 valence electrons. The molecule has 0 bridgehead atoms. The fraction of sp³-hybridized carbons (Fsp3) is 0.464. The number of hydrogen-bond donors (Lipinski definition) is 0. The van der Waals surface area contributed by atoms with Crippen LogP contribution in [0.25, 0.3) is 16.6 Å². The number of carbonyl (C=O) groups excluding carboxylic acids is 2. The Morgan fingerprint density at radius 3 is 2.43 bits per heavy atom. The van der Waals surface area contributed by atoms with Gasteiger partial charge >= 0.3 is 6.09 Å². The van der Waals surface area contributed by atoms with E-state index in [9.17, 15) is 14.0 Å². The Morgan fingerprint density at radius 1 is 1.11 bits per heavy atom. The normalized spacial score (nSPS) is 14.4. The van der Waals surface area contributed by atoms with Crippen molar-refractivity contribution in [3.8, 4) is 11.1 Å². The Labute approximate surface area is 217 Å².